The average molecular weight is 584 g/mol. The number of para-hydroxylation sites is 1. The second-order valence-electron chi connectivity index (χ2n) is 11.8. The van der Waals surface area contributed by atoms with Crippen molar-refractivity contribution in [2.75, 3.05) is 32.1 Å². The summed E-state index contributed by atoms with van der Waals surface area (Å²) in [6.07, 6.45) is 5.70. The summed E-state index contributed by atoms with van der Waals surface area (Å²) >= 11 is 0. The SMILES string of the molecule is C[C@H]1CN([C@@H](C)CO)C(=O)Cc2cc(NC(=O)Cc3cn(C)c4ccccc34)ccc2O[C@@H]1CN(C)Cc1ccncc1. The lowest BCUT2D eigenvalue weighted by atomic mass is 10.0. The maximum atomic E-state index is 13.6. The molecule has 1 aliphatic heterocycles. The molecule has 0 spiro atoms. The maximum absolute atomic E-state index is 13.6. The number of benzene rings is 2. The number of nitrogens with zero attached hydrogens (tertiary/aromatic N) is 4. The molecule has 9 heteroatoms. The van der Waals surface area contributed by atoms with Crippen molar-refractivity contribution in [3.63, 3.8) is 0 Å². The first-order valence-electron chi connectivity index (χ1n) is 14.8. The second-order valence-corrected chi connectivity index (χ2v) is 11.8. The molecule has 3 heterocycles. The Bertz CT molecular complexity index is 1570. The van der Waals surface area contributed by atoms with Crippen molar-refractivity contribution < 1.29 is 19.4 Å². The maximum Gasteiger partial charge on any atom is 0.228 e. The molecule has 0 aliphatic carbocycles. The Hall–Kier alpha value is -4.21. The van der Waals surface area contributed by atoms with Crippen LogP contribution in [0.4, 0.5) is 5.69 Å². The van der Waals surface area contributed by atoms with Crippen LogP contribution in [0.5, 0.6) is 5.75 Å². The third-order valence-electron chi connectivity index (χ3n) is 8.22. The van der Waals surface area contributed by atoms with E-state index in [1.165, 1.54) is 0 Å². The van der Waals surface area contributed by atoms with Crippen LogP contribution in [0.15, 0.2) is 73.2 Å². The molecule has 9 nitrogen and oxygen atoms in total. The summed E-state index contributed by atoms with van der Waals surface area (Å²) < 4.78 is 8.67. The summed E-state index contributed by atoms with van der Waals surface area (Å²) in [5, 5.41) is 14.0. The van der Waals surface area contributed by atoms with Gasteiger partial charge in [-0.15, -0.1) is 0 Å². The number of fused-ring (bicyclic) bond motifs is 2. The van der Waals surface area contributed by atoms with E-state index in [2.05, 4.69) is 29.2 Å². The topological polar surface area (TPSA) is 99.9 Å². The Morgan fingerprint density at radius 2 is 1.95 bits per heavy atom. The van der Waals surface area contributed by atoms with Crippen LogP contribution < -0.4 is 10.1 Å². The Balaban J connectivity index is 1.37. The van der Waals surface area contributed by atoms with Gasteiger partial charge in [-0.3, -0.25) is 19.5 Å². The Morgan fingerprint density at radius 1 is 1.19 bits per heavy atom. The van der Waals surface area contributed by atoms with Crippen LogP contribution in [0, 0.1) is 5.92 Å². The molecule has 2 amide bonds. The summed E-state index contributed by atoms with van der Waals surface area (Å²) in [6.45, 7) is 5.67. The predicted octanol–water partition coefficient (Wildman–Crippen LogP) is 4.04. The van der Waals surface area contributed by atoms with Crippen LogP contribution in [0.2, 0.25) is 0 Å². The Labute approximate surface area is 253 Å². The van der Waals surface area contributed by atoms with Gasteiger partial charge in [-0.1, -0.05) is 25.1 Å². The number of carbonyl (C=O) groups is 2. The molecule has 0 unspecified atom stereocenters. The zero-order valence-electron chi connectivity index (χ0n) is 25.4. The predicted molar refractivity (Wildman–Crippen MR) is 168 cm³/mol. The van der Waals surface area contributed by atoms with Gasteiger partial charge in [0.25, 0.3) is 0 Å². The van der Waals surface area contributed by atoms with Crippen molar-refractivity contribution in [3.8, 4) is 5.75 Å². The molecule has 2 aromatic carbocycles. The molecule has 0 radical (unpaired) electrons. The fourth-order valence-electron chi connectivity index (χ4n) is 5.84. The number of ether oxygens (including phenoxy) is 1. The van der Waals surface area contributed by atoms with Gasteiger partial charge >= 0.3 is 0 Å². The van der Waals surface area contributed by atoms with Gasteiger partial charge < -0.3 is 24.6 Å². The number of rotatable bonds is 9. The van der Waals surface area contributed by atoms with Gasteiger partial charge in [0.2, 0.25) is 11.8 Å². The summed E-state index contributed by atoms with van der Waals surface area (Å²) in [5.41, 5.74) is 4.51. The second kappa shape index (κ2) is 13.4. The molecule has 0 fully saturated rings. The number of likely N-dealkylation sites (N-methyl/N-ethyl adjacent to an activating group) is 1. The number of hydrogen-bond acceptors (Lipinski definition) is 6. The molecule has 2 N–H and O–H groups in total. The normalized spacial score (nSPS) is 18.0. The van der Waals surface area contributed by atoms with Crippen LogP contribution in [0.1, 0.15) is 30.5 Å². The van der Waals surface area contributed by atoms with E-state index in [0.717, 1.165) is 28.6 Å². The third kappa shape index (κ3) is 7.24. The highest BCUT2D eigenvalue weighted by Gasteiger charge is 2.31. The number of aryl methyl sites for hydroxylation is 1. The zero-order valence-corrected chi connectivity index (χ0v) is 25.4. The highest BCUT2D eigenvalue weighted by atomic mass is 16.5. The molecular formula is C34H41N5O4. The third-order valence-corrected chi connectivity index (χ3v) is 8.22. The lowest BCUT2D eigenvalue weighted by molar-refractivity contribution is -0.134. The summed E-state index contributed by atoms with van der Waals surface area (Å²) in [4.78, 5) is 34.8. The minimum atomic E-state index is -0.324. The first-order chi connectivity index (χ1) is 20.7. The van der Waals surface area contributed by atoms with E-state index >= 15 is 0 Å². The molecule has 2 aromatic heterocycles. The Morgan fingerprint density at radius 3 is 2.72 bits per heavy atom. The van der Waals surface area contributed by atoms with E-state index in [1.807, 2.05) is 79.3 Å². The van der Waals surface area contributed by atoms with Gasteiger partial charge in [0.15, 0.2) is 0 Å². The minimum Gasteiger partial charge on any atom is -0.488 e. The number of nitrogens with one attached hydrogen (secondary N) is 1. The van der Waals surface area contributed by atoms with Crippen molar-refractivity contribution in [1.29, 1.82) is 0 Å². The quantitative estimate of drug-likeness (QED) is 0.309. The van der Waals surface area contributed by atoms with Gasteiger partial charge in [0.1, 0.15) is 11.9 Å². The summed E-state index contributed by atoms with van der Waals surface area (Å²) in [6, 6.07) is 17.2. The Kier molecular flexibility index (Phi) is 9.43. The van der Waals surface area contributed by atoms with E-state index in [1.54, 1.807) is 17.3 Å². The standard InChI is InChI=1S/C34H41N5O4/c1-23-18-39(24(2)22-40)34(42)17-26-15-28(36-33(41)16-27-20-38(4)30-8-6-5-7-29(27)30)9-10-31(26)43-32(23)21-37(3)19-25-11-13-35-14-12-25/h5-15,20,23-24,32,40H,16-19,21-22H2,1-4H3,(H,36,41)/t23-,24-,32+/m0/s1. The first-order valence-corrected chi connectivity index (χ1v) is 14.8. The fourth-order valence-corrected chi connectivity index (χ4v) is 5.84. The van der Waals surface area contributed by atoms with Crippen molar-refractivity contribution in [2.45, 2.75) is 45.4 Å². The van der Waals surface area contributed by atoms with Gasteiger partial charge in [-0.05, 0) is 61.5 Å². The van der Waals surface area contributed by atoms with E-state index < -0.39 is 0 Å². The fraction of sp³-hybridized carbons (Fsp3) is 0.382. The molecule has 5 rings (SSSR count). The minimum absolute atomic E-state index is 0.00358. The highest BCUT2D eigenvalue weighted by molar-refractivity contribution is 5.96. The zero-order chi connectivity index (χ0) is 30.5. The molecule has 4 aromatic rings. The van der Waals surface area contributed by atoms with Crippen LogP contribution in [-0.4, -0.2) is 75.2 Å². The molecule has 0 bridgehead atoms. The van der Waals surface area contributed by atoms with Crippen molar-refractivity contribution in [3.05, 3.63) is 89.9 Å². The summed E-state index contributed by atoms with van der Waals surface area (Å²) in [7, 11) is 4.03. The number of aromatic nitrogens is 2. The van der Waals surface area contributed by atoms with Crippen molar-refractivity contribution >= 4 is 28.4 Å². The molecule has 0 saturated carbocycles. The van der Waals surface area contributed by atoms with Gasteiger partial charge in [-0.2, -0.15) is 0 Å². The lowest BCUT2D eigenvalue weighted by Gasteiger charge is -2.34. The number of pyridine rings is 1. The van der Waals surface area contributed by atoms with Crippen LogP contribution in [-0.2, 0) is 36.0 Å². The van der Waals surface area contributed by atoms with Crippen LogP contribution in [0.25, 0.3) is 10.9 Å². The van der Waals surface area contributed by atoms with Gasteiger partial charge in [0, 0.05) is 73.3 Å². The molecule has 226 valence electrons. The average Bonchev–Trinajstić information content (AvgIpc) is 3.32. The molecular weight excluding hydrogens is 542 g/mol. The van der Waals surface area contributed by atoms with E-state index in [4.69, 9.17) is 4.74 Å². The molecule has 0 saturated heterocycles. The number of carbonyl (C=O) groups excluding carboxylic acids is 2. The number of hydrogen-bond donors (Lipinski definition) is 2. The monoisotopic (exact) mass is 583 g/mol. The lowest BCUT2D eigenvalue weighted by Crippen LogP contribution is -2.47. The molecule has 3 atom stereocenters. The number of anilines is 1. The number of aliphatic hydroxyl groups is 1. The van der Waals surface area contributed by atoms with E-state index in [0.29, 0.717) is 30.1 Å². The van der Waals surface area contributed by atoms with Gasteiger partial charge in [0.05, 0.1) is 25.5 Å². The highest BCUT2D eigenvalue weighted by Crippen LogP contribution is 2.30. The van der Waals surface area contributed by atoms with E-state index in [9.17, 15) is 14.7 Å². The van der Waals surface area contributed by atoms with E-state index in [-0.39, 0.29) is 49.3 Å². The largest absolute Gasteiger partial charge is 0.488 e. The number of aliphatic hydroxyl groups excluding tert-OH is 1. The van der Waals surface area contributed by atoms with Crippen molar-refractivity contribution in [1.82, 2.24) is 19.4 Å². The summed E-state index contributed by atoms with van der Waals surface area (Å²) in [5.74, 6) is 0.423. The van der Waals surface area contributed by atoms with Crippen molar-refractivity contribution in [2.24, 2.45) is 13.0 Å². The molecule has 43 heavy (non-hydrogen) atoms. The smallest absolute Gasteiger partial charge is 0.228 e. The number of amides is 2. The van der Waals surface area contributed by atoms with Crippen LogP contribution in [0.3, 0.4) is 0 Å². The molecule has 1 aliphatic rings. The van der Waals surface area contributed by atoms with Gasteiger partial charge in [-0.25, -0.2) is 0 Å². The first kappa shape index (κ1) is 30.3. The van der Waals surface area contributed by atoms with Crippen LogP contribution >= 0.6 is 0 Å².